The number of esters is 1. The number of non-ortho nitro benzene ring substituents is 1. The predicted octanol–water partition coefficient (Wildman–Crippen LogP) is 2.62. The van der Waals surface area contributed by atoms with Crippen LogP contribution >= 0.6 is 0 Å². The van der Waals surface area contributed by atoms with Gasteiger partial charge in [0, 0.05) is 18.7 Å². The van der Waals surface area contributed by atoms with Crippen molar-refractivity contribution < 1.29 is 27.7 Å². The van der Waals surface area contributed by atoms with Crippen LogP contribution in [0.25, 0.3) is 0 Å². The van der Waals surface area contributed by atoms with Gasteiger partial charge >= 0.3 is 5.97 Å². The van der Waals surface area contributed by atoms with E-state index in [0.29, 0.717) is 11.8 Å². The molecule has 2 aromatic carbocycles. The zero-order valence-electron chi connectivity index (χ0n) is 17.9. The lowest BCUT2D eigenvalue weighted by Crippen LogP contribution is -2.48. The second-order valence-corrected chi connectivity index (χ2v) is 9.68. The van der Waals surface area contributed by atoms with Gasteiger partial charge in [-0.25, -0.2) is 8.42 Å². The third-order valence-electron chi connectivity index (χ3n) is 5.89. The summed E-state index contributed by atoms with van der Waals surface area (Å²) >= 11 is 0. The van der Waals surface area contributed by atoms with Crippen molar-refractivity contribution in [1.29, 1.82) is 5.26 Å². The van der Waals surface area contributed by atoms with E-state index in [9.17, 15) is 33.4 Å². The number of sulfonamides is 1. The van der Waals surface area contributed by atoms with Crippen LogP contribution in [0, 0.1) is 32.3 Å². The Hall–Kier alpha value is -3.62. The van der Waals surface area contributed by atoms with Crippen molar-refractivity contribution in [2.24, 2.45) is 10.8 Å². The summed E-state index contributed by atoms with van der Waals surface area (Å²) < 4.78 is 33.4. The third kappa shape index (κ3) is 3.67. The highest BCUT2D eigenvalue weighted by atomic mass is 32.2. The summed E-state index contributed by atoms with van der Waals surface area (Å²) in [5, 5.41) is 21.2. The number of nitrogens with zero attached hydrogens (tertiary/aromatic N) is 3. The summed E-state index contributed by atoms with van der Waals surface area (Å²) in [5.74, 6) is -1.00. The molecular weight excluding hydrogens is 450 g/mol. The highest BCUT2D eigenvalue weighted by molar-refractivity contribution is 7.89. The second-order valence-electron chi connectivity index (χ2n) is 7.79. The molecule has 1 heterocycles. The van der Waals surface area contributed by atoms with Crippen molar-refractivity contribution in [2.75, 3.05) is 13.2 Å². The van der Waals surface area contributed by atoms with Crippen molar-refractivity contribution in [3.05, 3.63) is 70.3 Å². The zero-order valence-corrected chi connectivity index (χ0v) is 18.7. The topological polar surface area (TPSA) is 148 Å². The molecule has 1 aliphatic rings. The van der Waals surface area contributed by atoms with E-state index in [1.807, 2.05) is 6.07 Å². The Kier molecular flexibility index (Phi) is 6.35. The average molecular weight is 471 g/mol. The van der Waals surface area contributed by atoms with E-state index in [0.717, 1.165) is 28.6 Å². The lowest BCUT2D eigenvalue weighted by Gasteiger charge is -2.35. The summed E-state index contributed by atoms with van der Waals surface area (Å²) in [6.07, 6.45) is 0.411. The molecule has 0 aliphatic carbocycles. The van der Waals surface area contributed by atoms with Crippen LogP contribution < -0.4 is 0 Å². The number of hydrogen-bond acceptors (Lipinski definition) is 8. The van der Waals surface area contributed by atoms with E-state index < -0.39 is 44.3 Å². The lowest BCUT2D eigenvalue weighted by atomic mass is 9.63. The van der Waals surface area contributed by atoms with Crippen molar-refractivity contribution in [3.63, 3.8) is 0 Å². The minimum atomic E-state index is -4.40. The fourth-order valence-electron chi connectivity index (χ4n) is 4.17. The van der Waals surface area contributed by atoms with Gasteiger partial charge in [0.25, 0.3) is 5.69 Å². The first-order valence-electron chi connectivity index (χ1n) is 9.95. The summed E-state index contributed by atoms with van der Waals surface area (Å²) in [6.45, 7) is 2.34. The average Bonchev–Trinajstić information content (AvgIpc) is 3.10. The second kappa shape index (κ2) is 8.73. The first-order valence-corrected chi connectivity index (χ1v) is 11.4. The van der Waals surface area contributed by atoms with Crippen LogP contribution in [0.4, 0.5) is 5.69 Å². The van der Waals surface area contributed by atoms with Gasteiger partial charge in [0.05, 0.1) is 34.0 Å². The molecule has 11 heteroatoms. The summed E-state index contributed by atoms with van der Waals surface area (Å²) in [5.41, 5.74) is -3.88. The number of rotatable bonds is 7. The minimum absolute atomic E-state index is 0.0756. The molecule has 1 fully saturated rings. The number of ether oxygens (including phenoxy) is 1. The first kappa shape index (κ1) is 24.0. The maximum absolute atomic E-state index is 13.7. The molecule has 0 spiro atoms. The summed E-state index contributed by atoms with van der Waals surface area (Å²) in [7, 11) is -4.40. The number of hydrogen-bond donors (Lipinski definition) is 0. The van der Waals surface area contributed by atoms with Crippen LogP contribution in [-0.4, -0.2) is 43.1 Å². The van der Waals surface area contributed by atoms with Gasteiger partial charge in [-0.3, -0.25) is 14.9 Å². The van der Waals surface area contributed by atoms with Gasteiger partial charge < -0.3 is 9.53 Å². The van der Waals surface area contributed by atoms with Crippen LogP contribution in [0.3, 0.4) is 0 Å². The van der Waals surface area contributed by atoms with Crippen LogP contribution in [0.15, 0.2) is 59.5 Å². The SMILES string of the molecule is CCOC(=O)[C@@]1(C#N)[C@H](c2ccccc2)N(S(=O)(=O)c2ccc([N+](=O)[O-])cc2)C[C@@]1(C)C=O. The van der Waals surface area contributed by atoms with E-state index >= 15 is 0 Å². The van der Waals surface area contributed by atoms with Crippen LogP contribution in [-0.2, 0) is 24.3 Å². The van der Waals surface area contributed by atoms with Gasteiger partial charge in [-0.05, 0) is 31.5 Å². The molecule has 3 rings (SSSR count). The Morgan fingerprint density at radius 3 is 2.36 bits per heavy atom. The fraction of sp³-hybridized carbons (Fsp3) is 0.318. The highest BCUT2D eigenvalue weighted by Gasteiger charge is 2.70. The van der Waals surface area contributed by atoms with Crippen molar-refractivity contribution in [2.45, 2.75) is 24.8 Å². The lowest BCUT2D eigenvalue weighted by molar-refractivity contribution is -0.384. The summed E-state index contributed by atoms with van der Waals surface area (Å²) in [6, 6.07) is 12.8. The normalized spacial score (nSPS) is 25.2. The van der Waals surface area contributed by atoms with Crippen molar-refractivity contribution >= 4 is 28.0 Å². The Labute approximate surface area is 190 Å². The zero-order chi connectivity index (χ0) is 24.4. The van der Waals surface area contributed by atoms with Crippen molar-refractivity contribution in [3.8, 4) is 6.07 Å². The molecule has 1 aliphatic heterocycles. The molecule has 0 saturated carbocycles. The molecule has 0 N–H and O–H groups in total. The number of nitro benzene ring substituents is 1. The quantitative estimate of drug-likeness (QED) is 0.259. The van der Waals surface area contributed by atoms with Gasteiger partial charge in [-0.2, -0.15) is 9.57 Å². The van der Waals surface area contributed by atoms with E-state index in [2.05, 4.69) is 0 Å². The number of carbonyl (C=O) groups is 2. The highest BCUT2D eigenvalue weighted by Crippen LogP contribution is 2.58. The van der Waals surface area contributed by atoms with E-state index in [1.165, 1.54) is 6.92 Å². The van der Waals surface area contributed by atoms with Gasteiger partial charge in [0.2, 0.25) is 10.0 Å². The van der Waals surface area contributed by atoms with E-state index in [1.54, 1.807) is 37.3 Å². The van der Waals surface area contributed by atoms with Crippen LogP contribution in [0.1, 0.15) is 25.5 Å². The van der Waals surface area contributed by atoms with Crippen LogP contribution in [0.5, 0.6) is 0 Å². The molecule has 1 saturated heterocycles. The molecule has 10 nitrogen and oxygen atoms in total. The standard InChI is InChI=1S/C22H21N3O7S/c1-3-32-20(27)22(13-23)19(16-7-5-4-6-8-16)24(14-21(22,2)15-26)33(30,31)18-11-9-17(10-12-18)25(28)29/h4-12,15,19H,3,14H2,1-2H3/t19-,21-,22+/m0/s1. The van der Waals surface area contributed by atoms with Gasteiger partial charge in [0.1, 0.15) is 6.29 Å². The van der Waals surface area contributed by atoms with Gasteiger partial charge in [0.15, 0.2) is 5.41 Å². The molecule has 172 valence electrons. The number of aldehydes is 1. The molecule has 33 heavy (non-hydrogen) atoms. The predicted molar refractivity (Wildman–Crippen MR) is 115 cm³/mol. The van der Waals surface area contributed by atoms with Crippen molar-refractivity contribution in [1.82, 2.24) is 4.31 Å². The number of carbonyl (C=O) groups excluding carboxylic acids is 2. The number of benzene rings is 2. The Balaban J connectivity index is 2.28. The number of nitro groups is 1. The third-order valence-corrected chi connectivity index (χ3v) is 7.71. The first-order chi connectivity index (χ1) is 15.6. The molecule has 0 bridgehead atoms. The maximum atomic E-state index is 13.7. The smallest absolute Gasteiger partial charge is 0.329 e. The number of nitriles is 1. The Morgan fingerprint density at radius 2 is 1.88 bits per heavy atom. The monoisotopic (exact) mass is 471 g/mol. The van der Waals surface area contributed by atoms with Gasteiger partial charge in [-0.15, -0.1) is 0 Å². The van der Waals surface area contributed by atoms with E-state index in [-0.39, 0.29) is 17.2 Å². The Bertz CT molecular complexity index is 1220. The largest absolute Gasteiger partial charge is 0.465 e. The molecule has 0 radical (unpaired) electrons. The summed E-state index contributed by atoms with van der Waals surface area (Å²) in [4.78, 5) is 35.5. The molecule has 2 aromatic rings. The fourth-order valence-corrected chi connectivity index (χ4v) is 5.92. The Morgan fingerprint density at radius 1 is 1.27 bits per heavy atom. The molecule has 0 unspecified atom stereocenters. The maximum Gasteiger partial charge on any atom is 0.329 e. The molecule has 3 atom stereocenters. The van der Waals surface area contributed by atoms with E-state index in [4.69, 9.17) is 4.74 Å². The van der Waals surface area contributed by atoms with Gasteiger partial charge in [-0.1, -0.05) is 30.3 Å². The molecule has 0 amide bonds. The minimum Gasteiger partial charge on any atom is -0.465 e. The molecule has 0 aromatic heterocycles. The molecular formula is C22H21N3O7S. The van der Waals surface area contributed by atoms with Crippen LogP contribution in [0.2, 0.25) is 0 Å².